The molecule has 0 saturated heterocycles. The van der Waals surface area contributed by atoms with Crippen LogP contribution >= 0.6 is 0 Å². The predicted octanol–water partition coefficient (Wildman–Crippen LogP) is 4.47. The number of anilines is 1. The summed E-state index contributed by atoms with van der Waals surface area (Å²) in [7, 11) is 3.09. The van der Waals surface area contributed by atoms with Gasteiger partial charge in [-0.1, -0.05) is 0 Å². The number of hydrogen-bond donors (Lipinski definition) is 2. The number of nitrogens with zero attached hydrogens (tertiary/aromatic N) is 3. The van der Waals surface area contributed by atoms with Crippen molar-refractivity contribution in [1.29, 1.82) is 0 Å². The minimum absolute atomic E-state index is 0.303. The van der Waals surface area contributed by atoms with Gasteiger partial charge in [-0.2, -0.15) is 0 Å². The molecular formula is C24H24FN5O3. The maximum absolute atomic E-state index is 13.4. The molecule has 0 aliphatic carbocycles. The van der Waals surface area contributed by atoms with Crippen molar-refractivity contribution < 1.29 is 18.7 Å². The molecule has 4 rings (SSSR count). The van der Waals surface area contributed by atoms with Crippen LogP contribution in [0.3, 0.4) is 0 Å². The fourth-order valence-electron chi connectivity index (χ4n) is 3.51. The quantitative estimate of drug-likeness (QED) is 0.388. The molecule has 0 fully saturated rings. The number of ether oxygens (including phenoxy) is 2. The maximum atomic E-state index is 13.4. The molecule has 2 aromatic carbocycles. The molecule has 0 atom stereocenters. The van der Waals surface area contributed by atoms with Crippen LogP contribution in [-0.4, -0.2) is 41.3 Å². The molecule has 2 heterocycles. The molecule has 0 spiro atoms. The van der Waals surface area contributed by atoms with Crippen LogP contribution in [0.15, 0.2) is 60.8 Å². The Morgan fingerprint density at radius 1 is 1.09 bits per heavy atom. The van der Waals surface area contributed by atoms with Gasteiger partial charge in [0.05, 0.1) is 19.9 Å². The van der Waals surface area contributed by atoms with E-state index in [1.165, 1.54) is 19.2 Å². The van der Waals surface area contributed by atoms with E-state index >= 15 is 0 Å². The van der Waals surface area contributed by atoms with Gasteiger partial charge in [0.1, 0.15) is 28.7 Å². The Morgan fingerprint density at radius 2 is 1.91 bits per heavy atom. The number of pyridine rings is 1. The summed E-state index contributed by atoms with van der Waals surface area (Å²) in [6.45, 7) is 0.996. The monoisotopic (exact) mass is 449 g/mol. The van der Waals surface area contributed by atoms with Crippen molar-refractivity contribution >= 4 is 22.9 Å². The van der Waals surface area contributed by atoms with Gasteiger partial charge in [-0.3, -0.25) is 0 Å². The molecule has 0 bridgehead atoms. The normalized spacial score (nSPS) is 10.8. The van der Waals surface area contributed by atoms with Gasteiger partial charge in [0.2, 0.25) is 0 Å². The minimum Gasteiger partial charge on any atom is -0.497 e. The number of urea groups is 1. The lowest BCUT2D eigenvalue weighted by Gasteiger charge is -2.13. The van der Waals surface area contributed by atoms with E-state index in [0.717, 1.165) is 16.7 Å². The van der Waals surface area contributed by atoms with E-state index < -0.39 is 0 Å². The number of carbonyl (C=O) groups is 1. The molecule has 0 aliphatic rings. The zero-order valence-electron chi connectivity index (χ0n) is 18.3. The number of carbonyl (C=O) groups excluding carboxylic acids is 1. The molecule has 2 amide bonds. The molecule has 33 heavy (non-hydrogen) atoms. The number of aryl methyl sites for hydroxylation is 1. The van der Waals surface area contributed by atoms with E-state index in [9.17, 15) is 9.18 Å². The first kappa shape index (κ1) is 22.1. The summed E-state index contributed by atoms with van der Waals surface area (Å²) in [5.74, 6) is 1.54. The van der Waals surface area contributed by atoms with Crippen molar-refractivity contribution in [3.8, 4) is 22.9 Å². The summed E-state index contributed by atoms with van der Waals surface area (Å²) < 4.78 is 25.8. The van der Waals surface area contributed by atoms with Crippen LogP contribution in [-0.2, 0) is 6.54 Å². The third-order valence-corrected chi connectivity index (χ3v) is 5.11. The van der Waals surface area contributed by atoms with Gasteiger partial charge in [0.25, 0.3) is 0 Å². The molecule has 8 nitrogen and oxygen atoms in total. The van der Waals surface area contributed by atoms with Gasteiger partial charge in [-0.25, -0.2) is 19.2 Å². The molecule has 0 radical (unpaired) electrons. The summed E-state index contributed by atoms with van der Waals surface area (Å²) in [5.41, 5.74) is 2.80. The lowest BCUT2D eigenvalue weighted by atomic mass is 10.2. The average molecular weight is 449 g/mol. The van der Waals surface area contributed by atoms with Crippen LogP contribution in [0.4, 0.5) is 14.9 Å². The molecule has 0 aliphatic heterocycles. The van der Waals surface area contributed by atoms with Crippen LogP contribution in [0, 0.1) is 5.82 Å². The third-order valence-electron chi connectivity index (χ3n) is 5.11. The molecule has 170 valence electrons. The summed E-state index contributed by atoms with van der Waals surface area (Å²) in [6, 6.07) is 14.7. The number of aromatic nitrogens is 3. The van der Waals surface area contributed by atoms with Gasteiger partial charge in [-0.05, 0) is 55.0 Å². The number of rotatable bonds is 8. The lowest BCUT2D eigenvalue weighted by Crippen LogP contribution is -2.30. The molecule has 4 aromatic rings. The molecule has 0 unspecified atom stereocenters. The molecular weight excluding hydrogens is 425 g/mol. The van der Waals surface area contributed by atoms with E-state index in [2.05, 4.69) is 20.6 Å². The number of methoxy groups -OCH3 is 2. The van der Waals surface area contributed by atoms with E-state index in [1.54, 1.807) is 43.6 Å². The highest BCUT2D eigenvalue weighted by atomic mass is 19.1. The van der Waals surface area contributed by atoms with Crippen LogP contribution in [0.5, 0.6) is 11.5 Å². The number of halogens is 1. The van der Waals surface area contributed by atoms with Gasteiger partial charge in [0, 0.05) is 30.9 Å². The summed E-state index contributed by atoms with van der Waals surface area (Å²) >= 11 is 0. The second-order valence-electron chi connectivity index (χ2n) is 7.24. The topological polar surface area (TPSA) is 90.3 Å². The number of imidazole rings is 1. The number of amides is 2. The fourth-order valence-corrected chi connectivity index (χ4v) is 3.51. The van der Waals surface area contributed by atoms with Gasteiger partial charge < -0.3 is 24.7 Å². The highest BCUT2D eigenvalue weighted by Gasteiger charge is 2.14. The first-order valence-electron chi connectivity index (χ1n) is 10.4. The molecule has 0 saturated carbocycles. The summed E-state index contributed by atoms with van der Waals surface area (Å²) in [6.07, 6.45) is 2.35. The Morgan fingerprint density at radius 3 is 2.67 bits per heavy atom. The van der Waals surface area contributed by atoms with Crippen LogP contribution in [0.2, 0.25) is 0 Å². The SMILES string of the molecule is COc1ccc(OC)c(NC(=O)NCCCn2c(-c3ccc(F)cc3)nc3cccnc32)c1. The van der Waals surface area contributed by atoms with Gasteiger partial charge >= 0.3 is 6.03 Å². The van der Waals surface area contributed by atoms with Crippen molar-refractivity contribution in [2.45, 2.75) is 13.0 Å². The van der Waals surface area contributed by atoms with E-state index in [0.29, 0.717) is 42.5 Å². The van der Waals surface area contributed by atoms with Crippen molar-refractivity contribution in [2.24, 2.45) is 0 Å². The lowest BCUT2D eigenvalue weighted by molar-refractivity contribution is 0.251. The Hall–Kier alpha value is -4.14. The van der Waals surface area contributed by atoms with Crippen LogP contribution < -0.4 is 20.1 Å². The Labute approximate surface area is 190 Å². The molecule has 2 aromatic heterocycles. The number of hydrogen-bond acceptors (Lipinski definition) is 5. The summed E-state index contributed by atoms with van der Waals surface area (Å²) in [5, 5.41) is 5.63. The van der Waals surface area contributed by atoms with Crippen molar-refractivity contribution in [1.82, 2.24) is 19.9 Å². The number of fused-ring (bicyclic) bond motifs is 1. The second-order valence-corrected chi connectivity index (χ2v) is 7.24. The first-order valence-corrected chi connectivity index (χ1v) is 10.4. The Kier molecular flexibility index (Phi) is 6.68. The van der Waals surface area contributed by atoms with Crippen LogP contribution in [0.1, 0.15) is 6.42 Å². The standard InChI is InChI=1S/C24H24FN5O3/c1-32-18-10-11-21(33-2)20(15-18)29-24(31)27-13-4-14-30-22(16-6-8-17(25)9-7-16)28-19-5-3-12-26-23(19)30/h3,5-12,15H,4,13-14H2,1-2H3,(H2,27,29,31). The highest BCUT2D eigenvalue weighted by Crippen LogP contribution is 2.29. The van der Waals surface area contributed by atoms with Crippen molar-refractivity contribution in [3.05, 3.63) is 66.6 Å². The van der Waals surface area contributed by atoms with E-state index in [4.69, 9.17) is 9.47 Å². The van der Waals surface area contributed by atoms with Crippen molar-refractivity contribution in [2.75, 3.05) is 26.1 Å². The first-order chi connectivity index (χ1) is 16.1. The van der Waals surface area contributed by atoms with Crippen molar-refractivity contribution in [3.63, 3.8) is 0 Å². The smallest absolute Gasteiger partial charge is 0.319 e. The number of benzene rings is 2. The fraction of sp³-hybridized carbons (Fsp3) is 0.208. The van der Waals surface area contributed by atoms with E-state index in [1.807, 2.05) is 16.7 Å². The zero-order chi connectivity index (χ0) is 23.2. The van der Waals surface area contributed by atoms with E-state index in [-0.39, 0.29) is 11.8 Å². The Balaban J connectivity index is 1.42. The molecule has 9 heteroatoms. The maximum Gasteiger partial charge on any atom is 0.319 e. The van der Waals surface area contributed by atoms with Gasteiger partial charge in [-0.15, -0.1) is 0 Å². The van der Waals surface area contributed by atoms with Gasteiger partial charge in [0.15, 0.2) is 5.65 Å². The Bertz CT molecular complexity index is 1260. The summed E-state index contributed by atoms with van der Waals surface area (Å²) in [4.78, 5) is 21.5. The predicted molar refractivity (Wildman–Crippen MR) is 124 cm³/mol. The zero-order valence-corrected chi connectivity index (χ0v) is 18.3. The largest absolute Gasteiger partial charge is 0.497 e. The molecule has 2 N–H and O–H groups in total. The van der Waals surface area contributed by atoms with Crippen LogP contribution in [0.25, 0.3) is 22.6 Å². The second kappa shape index (κ2) is 9.99. The highest BCUT2D eigenvalue weighted by molar-refractivity contribution is 5.91. The number of nitrogens with one attached hydrogen (secondary N) is 2. The minimum atomic E-state index is -0.353. The average Bonchev–Trinajstić information content (AvgIpc) is 3.20. The third kappa shape index (κ3) is 5.03.